The molecule has 1 fully saturated rings. The van der Waals surface area contributed by atoms with Crippen LogP contribution in [-0.2, 0) is 7.05 Å². The van der Waals surface area contributed by atoms with Crippen molar-refractivity contribution in [3.8, 4) is 11.5 Å². The van der Waals surface area contributed by atoms with Gasteiger partial charge in [0, 0.05) is 44.6 Å². The van der Waals surface area contributed by atoms with Gasteiger partial charge in [0.25, 0.3) is 0 Å². The summed E-state index contributed by atoms with van der Waals surface area (Å²) >= 11 is 0. The van der Waals surface area contributed by atoms with E-state index in [0.29, 0.717) is 0 Å². The molecule has 1 aliphatic rings. The van der Waals surface area contributed by atoms with Gasteiger partial charge in [0.1, 0.15) is 17.3 Å². The second kappa shape index (κ2) is 5.99. The molecular weight excluding hydrogens is 302 g/mol. The number of hydrogen-bond acceptors (Lipinski definition) is 6. The van der Waals surface area contributed by atoms with Gasteiger partial charge in [-0.1, -0.05) is 0 Å². The Morgan fingerprint density at radius 1 is 1.04 bits per heavy atom. The van der Waals surface area contributed by atoms with E-state index in [4.69, 9.17) is 0 Å². The summed E-state index contributed by atoms with van der Waals surface area (Å²) in [4.78, 5) is 24.8. The van der Waals surface area contributed by atoms with Crippen LogP contribution in [0, 0.1) is 6.92 Å². The van der Waals surface area contributed by atoms with E-state index in [-0.39, 0.29) is 6.04 Å². The molecule has 1 aliphatic heterocycles. The Bertz CT molecular complexity index is 857. The van der Waals surface area contributed by atoms with Gasteiger partial charge < -0.3 is 9.47 Å². The standard InChI is InChI=1S/C17H19N7/c1-12-18-6-5-14(22-12)24-10-3-4-13(24)15-16(20-8-7-19-15)17-21-9-11-23(17)2/h5-9,11,13H,3-4,10H2,1-2H3/t13-/m1/s1. The third kappa shape index (κ3) is 2.51. The van der Waals surface area contributed by atoms with Crippen LogP contribution >= 0.6 is 0 Å². The summed E-state index contributed by atoms with van der Waals surface area (Å²) in [6, 6.07) is 2.11. The molecule has 122 valence electrons. The smallest absolute Gasteiger partial charge is 0.160 e. The number of anilines is 1. The first-order valence-corrected chi connectivity index (χ1v) is 8.09. The van der Waals surface area contributed by atoms with Gasteiger partial charge in [0.2, 0.25) is 0 Å². The Morgan fingerprint density at radius 3 is 2.71 bits per heavy atom. The van der Waals surface area contributed by atoms with Crippen LogP contribution in [0.25, 0.3) is 11.5 Å². The first-order valence-electron chi connectivity index (χ1n) is 8.09. The van der Waals surface area contributed by atoms with Gasteiger partial charge in [0.15, 0.2) is 5.82 Å². The molecule has 0 spiro atoms. The third-order valence-corrected chi connectivity index (χ3v) is 4.38. The van der Waals surface area contributed by atoms with E-state index in [1.165, 1.54) is 0 Å². The summed E-state index contributed by atoms with van der Waals surface area (Å²) in [5.74, 6) is 2.56. The fraction of sp³-hybridized carbons (Fsp3) is 0.353. The normalized spacial score (nSPS) is 17.4. The van der Waals surface area contributed by atoms with Crippen molar-refractivity contribution in [1.29, 1.82) is 0 Å². The molecule has 0 aromatic carbocycles. The lowest BCUT2D eigenvalue weighted by atomic mass is 10.1. The molecule has 24 heavy (non-hydrogen) atoms. The van der Waals surface area contributed by atoms with Crippen molar-refractivity contribution in [2.75, 3.05) is 11.4 Å². The summed E-state index contributed by atoms with van der Waals surface area (Å²) < 4.78 is 1.97. The lowest BCUT2D eigenvalue weighted by Crippen LogP contribution is -2.25. The maximum absolute atomic E-state index is 4.66. The fourth-order valence-electron chi connectivity index (χ4n) is 3.29. The van der Waals surface area contributed by atoms with E-state index in [1.54, 1.807) is 18.6 Å². The number of nitrogens with zero attached hydrogens (tertiary/aromatic N) is 7. The van der Waals surface area contributed by atoms with Crippen LogP contribution in [0.3, 0.4) is 0 Å². The first-order chi connectivity index (χ1) is 11.7. The van der Waals surface area contributed by atoms with Crippen molar-refractivity contribution in [2.24, 2.45) is 7.05 Å². The van der Waals surface area contributed by atoms with Gasteiger partial charge in [-0.2, -0.15) is 0 Å². The van der Waals surface area contributed by atoms with Crippen LogP contribution in [0.1, 0.15) is 30.4 Å². The highest BCUT2D eigenvalue weighted by Crippen LogP contribution is 2.37. The van der Waals surface area contributed by atoms with Crippen LogP contribution in [0.15, 0.2) is 37.1 Å². The van der Waals surface area contributed by atoms with Gasteiger partial charge in [-0.15, -0.1) is 0 Å². The Labute approximate surface area is 140 Å². The Kier molecular flexibility index (Phi) is 3.68. The monoisotopic (exact) mass is 321 g/mol. The van der Waals surface area contributed by atoms with Crippen molar-refractivity contribution < 1.29 is 0 Å². The molecule has 0 saturated carbocycles. The van der Waals surface area contributed by atoms with Crippen molar-refractivity contribution in [3.05, 3.63) is 48.6 Å². The molecule has 0 N–H and O–H groups in total. The molecule has 0 amide bonds. The number of hydrogen-bond donors (Lipinski definition) is 0. The first kappa shape index (κ1) is 14.7. The van der Waals surface area contributed by atoms with E-state index >= 15 is 0 Å². The molecule has 4 rings (SSSR count). The van der Waals surface area contributed by atoms with Gasteiger partial charge >= 0.3 is 0 Å². The second-order valence-corrected chi connectivity index (χ2v) is 5.97. The van der Waals surface area contributed by atoms with E-state index < -0.39 is 0 Å². The zero-order chi connectivity index (χ0) is 16.5. The highest BCUT2D eigenvalue weighted by molar-refractivity contribution is 5.56. The Morgan fingerprint density at radius 2 is 1.92 bits per heavy atom. The Hall–Kier alpha value is -2.83. The van der Waals surface area contributed by atoms with Gasteiger partial charge in [-0.3, -0.25) is 4.98 Å². The molecule has 7 nitrogen and oxygen atoms in total. The molecule has 7 heteroatoms. The van der Waals surface area contributed by atoms with Crippen molar-refractivity contribution in [3.63, 3.8) is 0 Å². The molecule has 1 atom stereocenters. The molecule has 4 heterocycles. The van der Waals surface area contributed by atoms with Gasteiger partial charge in [-0.05, 0) is 25.8 Å². The topological polar surface area (TPSA) is 72.6 Å². The van der Waals surface area contributed by atoms with Crippen LogP contribution in [0.5, 0.6) is 0 Å². The lowest BCUT2D eigenvalue weighted by Gasteiger charge is -2.26. The summed E-state index contributed by atoms with van der Waals surface area (Å²) in [6.45, 7) is 2.87. The van der Waals surface area contributed by atoms with Crippen molar-refractivity contribution >= 4 is 5.82 Å². The van der Waals surface area contributed by atoms with Gasteiger partial charge in [-0.25, -0.2) is 19.9 Å². The average molecular weight is 321 g/mol. The maximum atomic E-state index is 4.66. The van der Waals surface area contributed by atoms with Crippen LogP contribution in [0.2, 0.25) is 0 Å². The predicted molar refractivity (Wildman–Crippen MR) is 90.3 cm³/mol. The Balaban J connectivity index is 1.77. The summed E-state index contributed by atoms with van der Waals surface area (Å²) in [5, 5.41) is 0. The molecule has 1 saturated heterocycles. The minimum Gasteiger partial charge on any atom is -0.348 e. The van der Waals surface area contributed by atoms with Crippen molar-refractivity contribution in [2.45, 2.75) is 25.8 Å². The summed E-state index contributed by atoms with van der Waals surface area (Å²) in [5.41, 5.74) is 1.80. The lowest BCUT2D eigenvalue weighted by molar-refractivity contribution is 0.681. The minimum atomic E-state index is 0.152. The largest absolute Gasteiger partial charge is 0.348 e. The van der Waals surface area contributed by atoms with Crippen molar-refractivity contribution in [1.82, 2.24) is 29.5 Å². The van der Waals surface area contributed by atoms with Gasteiger partial charge in [0.05, 0.1) is 11.7 Å². The highest BCUT2D eigenvalue weighted by atomic mass is 15.2. The van der Waals surface area contributed by atoms with Crippen LogP contribution in [-0.4, -0.2) is 36.0 Å². The van der Waals surface area contributed by atoms with Crippen LogP contribution < -0.4 is 4.90 Å². The van der Waals surface area contributed by atoms with E-state index in [9.17, 15) is 0 Å². The van der Waals surface area contributed by atoms with E-state index in [1.807, 2.05) is 37.0 Å². The summed E-state index contributed by atoms with van der Waals surface area (Å²) in [6.07, 6.45) is 11.1. The molecule has 0 unspecified atom stereocenters. The summed E-state index contributed by atoms with van der Waals surface area (Å²) in [7, 11) is 1.97. The van der Waals surface area contributed by atoms with E-state index in [2.05, 4.69) is 29.8 Å². The maximum Gasteiger partial charge on any atom is 0.160 e. The number of aromatic nitrogens is 6. The fourth-order valence-corrected chi connectivity index (χ4v) is 3.29. The SMILES string of the molecule is Cc1nccc(N2CCC[C@@H]2c2nccnc2-c2nccn2C)n1. The number of aryl methyl sites for hydroxylation is 2. The average Bonchev–Trinajstić information content (AvgIpc) is 3.23. The molecular formula is C17H19N7. The second-order valence-electron chi connectivity index (χ2n) is 5.97. The number of rotatable bonds is 3. The zero-order valence-corrected chi connectivity index (χ0v) is 13.8. The molecule has 3 aromatic heterocycles. The molecule has 3 aromatic rings. The zero-order valence-electron chi connectivity index (χ0n) is 13.8. The quantitative estimate of drug-likeness (QED) is 0.737. The highest BCUT2D eigenvalue weighted by Gasteiger charge is 2.31. The minimum absolute atomic E-state index is 0.152. The molecule has 0 aliphatic carbocycles. The number of imidazole rings is 1. The van der Waals surface area contributed by atoms with Crippen LogP contribution in [0.4, 0.5) is 5.82 Å². The van der Waals surface area contributed by atoms with E-state index in [0.717, 1.165) is 48.2 Å². The molecule has 0 bridgehead atoms. The molecule has 0 radical (unpaired) electrons. The predicted octanol–water partition coefficient (Wildman–Crippen LogP) is 2.32. The third-order valence-electron chi connectivity index (χ3n) is 4.38.